The first-order valence-electron chi connectivity index (χ1n) is 7.74. The number of ether oxygens (including phenoxy) is 1. The minimum Gasteiger partial charge on any atom is -0.497 e. The average molecular weight is 354 g/mol. The number of aromatic nitrogens is 1. The second kappa shape index (κ2) is 7.55. The van der Waals surface area contributed by atoms with Crippen molar-refractivity contribution in [2.45, 2.75) is 10.9 Å². The fourth-order valence-corrected chi connectivity index (χ4v) is 3.44. The molecule has 1 heterocycles. The van der Waals surface area contributed by atoms with E-state index in [1.165, 1.54) is 11.8 Å². The third kappa shape index (κ3) is 3.92. The van der Waals surface area contributed by atoms with Gasteiger partial charge in [0.2, 0.25) is 0 Å². The van der Waals surface area contributed by atoms with Crippen LogP contribution < -0.4 is 10.5 Å². The van der Waals surface area contributed by atoms with Crippen molar-refractivity contribution in [1.82, 2.24) is 4.98 Å². The molecule has 2 aromatic carbocycles. The van der Waals surface area contributed by atoms with Crippen molar-refractivity contribution >= 4 is 28.6 Å². The van der Waals surface area contributed by atoms with Crippen molar-refractivity contribution in [3.05, 3.63) is 54.6 Å². The van der Waals surface area contributed by atoms with Gasteiger partial charge in [-0.25, -0.2) is 4.98 Å². The normalized spacial score (nSPS) is 12.1. The number of fused-ring (bicyclic) bond motifs is 1. The Labute approximate surface area is 149 Å². The van der Waals surface area contributed by atoms with Gasteiger partial charge in [0, 0.05) is 21.6 Å². The molecule has 3 aromatic rings. The highest BCUT2D eigenvalue weighted by Crippen LogP contribution is 2.33. The lowest BCUT2D eigenvalue weighted by molar-refractivity contribution is -0.137. The lowest BCUT2D eigenvalue weighted by atomic mass is 10.1. The Bertz CT molecular complexity index is 900. The summed E-state index contributed by atoms with van der Waals surface area (Å²) in [6.45, 7) is 0. The number of hydrogen-bond acceptors (Lipinski definition) is 5. The predicted octanol–water partition coefficient (Wildman–Crippen LogP) is 3.41. The second-order valence-electron chi connectivity index (χ2n) is 5.51. The Kier molecular flexibility index (Phi) is 5.21. The summed E-state index contributed by atoms with van der Waals surface area (Å²) in [7, 11) is 1.61. The van der Waals surface area contributed by atoms with Crippen LogP contribution in [0.1, 0.15) is 0 Å². The molecule has 128 valence electrons. The van der Waals surface area contributed by atoms with Crippen LogP contribution in [0.2, 0.25) is 0 Å². The Morgan fingerprint density at radius 1 is 1.24 bits per heavy atom. The van der Waals surface area contributed by atoms with Gasteiger partial charge >= 0.3 is 5.97 Å². The van der Waals surface area contributed by atoms with E-state index in [1.54, 1.807) is 7.11 Å². The van der Waals surface area contributed by atoms with Crippen molar-refractivity contribution < 1.29 is 14.6 Å². The molecule has 0 unspecified atom stereocenters. The molecule has 0 aliphatic carbocycles. The van der Waals surface area contributed by atoms with Crippen LogP contribution in [0, 0.1) is 0 Å². The van der Waals surface area contributed by atoms with E-state index in [0.717, 1.165) is 32.8 Å². The third-order valence-corrected chi connectivity index (χ3v) is 4.96. The second-order valence-corrected chi connectivity index (χ2v) is 6.57. The molecule has 0 fully saturated rings. The summed E-state index contributed by atoms with van der Waals surface area (Å²) in [6.07, 6.45) is 0. The monoisotopic (exact) mass is 354 g/mol. The number of carboxylic acids is 1. The molecule has 0 bridgehead atoms. The molecular weight excluding hydrogens is 336 g/mol. The summed E-state index contributed by atoms with van der Waals surface area (Å²) >= 11 is 1.41. The molecule has 0 amide bonds. The highest BCUT2D eigenvalue weighted by atomic mass is 32.2. The molecular formula is C19H18N2O3S. The Morgan fingerprint density at radius 3 is 2.68 bits per heavy atom. The number of hydrogen-bond donors (Lipinski definition) is 2. The van der Waals surface area contributed by atoms with E-state index in [4.69, 9.17) is 20.6 Å². The molecule has 3 rings (SSSR count). The maximum atomic E-state index is 11.0. The van der Waals surface area contributed by atoms with Gasteiger partial charge in [0.05, 0.1) is 18.3 Å². The van der Waals surface area contributed by atoms with Gasteiger partial charge in [-0.2, -0.15) is 0 Å². The first-order valence-corrected chi connectivity index (χ1v) is 8.72. The molecule has 25 heavy (non-hydrogen) atoms. The number of benzene rings is 2. The Balaban J connectivity index is 2.07. The minimum atomic E-state index is -1.01. The highest BCUT2D eigenvalue weighted by molar-refractivity contribution is 7.99. The Morgan fingerprint density at radius 2 is 2.00 bits per heavy atom. The fraction of sp³-hybridized carbons (Fsp3) is 0.158. The number of nitrogens with two attached hydrogens (primary N) is 1. The summed E-state index contributed by atoms with van der Waals surface area (Å²) < 4.78 is 5.30. The van der Waals surface area contributed by atoms with Crippen molar-refractivity contribution in [3.8, 4) is 17.0 Å². The van der Waals surface area contributed by atoms with E-state index in [-0.39, 0.29) is 5.75 Å². The molecule has 3 N–H and O–H groups in total. The smallest absolute Gasteiger partial charge is 0.321 e. The zero-order valence-electron chi connectivity index (χ0n) is 13.7. The average Bonchev–Trinajstić information content (AvgIpc) is 2.65. The van der Waals surface area contributed by atoms with Gasteiger partial charge in [0.15, 0.2) is 0 Å². The zero-order chi connectivity index (χ0) is 17.8. The summed E-state index contributed by atoms with van der Waals surface area (Å²) in [5.41, 5.74) is 8.32. The molecule has 0 radical (unpaired) electrons. The highest BCUT2D eigenvalue weighted by Gasteiger charge is 2.15. The van der Waals surface area contributed by atoms with Gasteiger partial charge in [-0.1, -0.05) is 30.3 Å². The summed E-state index contributed by atoms with van der Waals surface area (Å²) in [5.74, 6) is -0.00209. The minimum absolute atomic E-state index is 0.278. The fourth-order valence-electron chi connectivity index (χ4n) is 2.43. The van der Waals surface area contributed by atoms with Gasteiger partial charge in [-0.15, -0.1) is 11.8 Å². The van der Waals surface area contributed by atoms with E-state index in [9.17, 15) is 4.79 Å². The molecule has 1 aromatic heterocycles. The van der Waals surface area contributed by atoms with E-state index < -0.39 is 12.0 Å². The number of carbonyl (C=O) groups is 1. The number of thioether (sulfide) groups is 1. The van der Waals surface area contributed by atoms with Crippen molar-refractivity contribution in [1.29, 1.82) is 0 Å². The maximum absolute atomic E-state index is 11.0. The quantitative estimate of drug-likeness (QED) is 0.660. The summed E-state index contributed by atoms with van der Waals surface area (Å²) in [5, 5.41) is 9.94. The van der Waals surface area contributed by atoms with Crippen LogP contribution >= 0.6 is 11.8 Å². The number of rotatable bonds is 6. The maximum Gasteiger partial charge on any atom is 0.321 e. The number of aliphatic carboxylic acids is 1. The number of nitrogens with zero attached hydrogens (tertiary/aromatic N) is 1. The van der Waals surface area contributed by atoms with E-state index in [2.05, 4.69) is 0 Å². The largest absolute Gasteiger partial charge is 0.497 e. The Hall–Kier alpha value is -2.57. The molecule has 0 spiro atoms. The van der Waals surface area contributed by atoms with Crippen LogP contribution in [0.15, 0.2) is 59.5 Å². The van der Waals surface area contributed by atoms with Crippen LogP contribution in [-0.2, 0) is 4.79 Å². The predicted molar refractivity (Wildman–Crippen MR) is 100 cm³/mol. The van der Waals surface area contributed by atoms with Crippen LogP contribution in [0.4, 0.5) is 0 Å². The molecule has 1 atom stereocenters. The lowest BCUT2D eigenvalue weighted by Crippen LogP contribution is -2.32. The summed E-state index contributed by atoms with van der Waals surface area (Å²) in [6, 6.07) is 16.6. The van der Waals surface area contributed by atoms with Crippen LogP contribution in [0.5, 0.6) is 5.75 Å². The first kappa shape index (κ1) is 17.3. The van der Waals surface area contributed by atoms with Gasteiger partial charge < -0.3 is 15.6 Å². The third-order valence-electron chi connectivity index (χ3n) is 3.78. The molecule has 0 aliphatic rings. The lowest BCUT2D eigenvalue weighted by Gasteiger charge is -2.12. The molecule has 6 heteroatoms. The molecule has 5 nitrogen and oxygen atoms in total. The van der Waals surface area contributed by atoms with Crippen molar-refractivity contribution in [3.63, 3.8) is 0 Å². The van der Waals surface area contributed by atoms with Crippen LogP contribution in [0.25, 0.3) is 22.2 Å². The van der Waals surface area contributed by atoms with Gasteiger partial charge in [-0.05, 0) is 24.3 Å². The van der Waals surface area contributed by atoms with E-state index >= 15 is 0 Å². The van der Waals surface area contributed by atoms with Crippen LogP contribution in [0.3, 0.4) is 0 Å². The van der Waals surface area contributed by atoms with Crippen molar-refractivity contribution in [2.75, 3.05) is 12.9 Å². The molecule has 0 aliphatic heterocycles. The number of pyridine rings is 1. The van der Waals surface area contributed by atoms with Gasteiger partial charge in [0.25, 0.3) is 0 Å². The van der Waals surface area contributed by atoms with E-state index in [0.29, 0.717) is 0 Å². The van der Waals surface area contributed by atoms with Crippen LogP contribution in [-0.4, -0.2) is 35.0 Å². The standard InChI is InChI=1S/C19H18N2O3S/c1-24-13-7-8-16-14(9-13)18(25-11-15(20)19(22)23)10-17(21-16)12-5-3-2-4-6-12/h2-10,15H,11,20H2,1H3,(H,22,23)/t15-/m0/s1. The molecule has 0 saturated heterocycles. The van der Waals surface area contributed by atoms with E-state index in [1.807, 2.05) is 54.6 Å². The topological polar surface area (TPSA) is 85.4 Å². The van der Waals surface area contributed by atoms with Gasteiger partial charge in [0.1, 0.15) is 11.8 Å². The zero-order valence-corrected chi connectivity index (χ0v) is 14.5. The van der Waals surface area contributed by atoms with Crippen molar-refractivity contribution in [2.24, 2.45) is 5.73 Å². The summed E-state index contributed by atoms with van der Waals surface area (Å²) in [4.78, 5) is 16.7. The van der Waals surface area contributed by atoms with Gasteiger partial charge in [-0.3, -0.25) is 4.79 Å². The number of methoxy groups -OCH3 is 1. The first-order chi connectivity index (χ1) is 12.1. The molecule has 0 saturated carbocycles. The number of carboxylic acid groups (broad SMARTS) is 1. The SMILES string of the molecule is COc1ccc2nc(-c3ccccc3)cc(SC[C@H](N)C(=O)O)c2c1.